The van der Waals surface area contributed by atoms with Crippen molar-refractivity contribution in [2.75, 3.05) is 13.2 Å². The normalized spacial score (nSPS) is 27.7. The lowest BCUT2D eigenvalue weighted by atomic mass is 9.80. The molecule has 184 valence electrons. The van der Waals surface area contributed by atoms with Crippen molar-refractivity contribution >= 4 is 0 Å². The van der Waals surface area contributed by atoms with Crippen LogP contribution in [0.25, 0.3) is 0 Å². The number of hydrogen-bond acceptors (Lipinski definition) is 6. The molecule has 6 heteroatoms. The van der Waals surface area contributed by atoms with Gasteiger partial charge in [-0.1, -0.05) is 91.0 Å². The third kappa shape index (κ3) is 4.91. The first kappa shape index (κ1) is 24.1. The highest BCUT2D eigenvalue weighted by Gasteiger charge is 2.47. The zero-order chi connectivity index (χ0) is 24.3. The number of aliphatic hydroxyl groups excluding tert-OH is 1. The van der Waals surface area contributed by atoms with Crippen molar-refractivity contribution in [3.8, 4) is 0 Å². The average molecular weight is 477 g/mol. The van der Waals surface area contributed by atoms with Crippen LogP contribution in [0.3, 0.4) is 0 Å². The van der Waals surface area contributed by atoms with Crippen molar-refractivity contribution in [2.45, 2.75) is 56.4 Å². The molecule has 2 saturated heterocycles. The van der Waals surface area contributed by atoms with Gasteiger partial charge in [0.05, 0.1) is 13.2 Å². The molecule has 0 aliphatic carbocycles. The van der Waals surface area contributed by atoms with Gasteiger partial charge in [0.25, 0.3) is 0 Å². The van der Waals surface area contributed by atoms with Crippen LogP contribution in [-0.4, -0.2) is 55.3 Å². The first-order chi connectivity index (χ1) is 17.1. The summed E-state index contributed by atoms with van der Waals surface area (Å²) in [5.74, 6) is 0. The quantitative estimate of drug-likeness (QED) is 0.515. The third-order valence-electron chi connectivity index (χ3n) is 6.64. The average Bonchev–Trinajstić information content (AvgIpc) is 2.90. The van der Waals surface area contributed by atoms with E-state index in [2.05, 4.69) is 36.4 Å². The van der Waals surface area contributed by atoms with Crippen LogP contribution in [0.5, 0.6) is 0 Å². The molecule has 0 bridgehead atoms. The first-order valence-corrected chi connectivity index (χ1v) is 12.1. The summed E-state index contributed by atoms with van der Waals surface area (Å²) in [6.07, 6.45) is -3.21. The second-order valence-electron chi connectivity index (χ2n) is 9.00. The standard InChI is InChI=1S/C29H32O6/c1-20-31-19-26-28(34-20)27(35-21(2)33-26)25(30)18-32-29(22-12-6-3-7-13-22,23-14-8-4-9-15-23)24-16-10-5-11-17-24/h3-17,20-21,25-28,30H,18-19H2,1-2H3/t20-,21-,25-,26-,27+,28-/m1/s1. The molecule has 2 aliphatic heterocycles. The van der Waals surface area contributed by atoms with E-state index in [4.69, 9.17) is 23.7 Å². The summed E-state index contributed by atoms with van der Waals surface area (Å²) in [5.41, 5.74) is 1.99. The lowest BCUT2D eigenvalue weighted by Gasteiger charge is -2.46. The lowest BCUT2D eigenvalue weighted by Crippen LogP contribution is -2.60. The van der Waals surface area contributed by atoms with Crippen molar-refractivity contribution in [1.82, 2.24) is 0 Å². The monoisotopic (exact) mass is 476 g/mol. The fourth-order valence-corrected chi connectivity index (χ4v) is 5.04. The smallest absolute Gasteiger partial charge is 0.156 e. The molecule has 6 atom stereocenters. The Morgan fingerprint density at radius 3 is 1.80 bits per heavy atom. The Morgan fingerprint density at radius 2 is 1.29 bits per heavy atom. The molecule has 0 aromatic heterocycles. The molecule has 0 saturated carbocycles. The topological polar surface area (TPSA) is 66.4 Å². The lowest BCUT2D eigenvalue weighted by molar-refractivity contribution is -0.362. The van der Waals surface area contributed by atoms with Crippen molar-refractivity contribution in [1.29, 1.82) is 0 Å². The molecule has 3 aromatic carbocycles. The van der Waals surface area contributed by atoms with Crippen LogP contribution in [0, 0.1) is 0 Å². The van der Waals surface area contributed by atoms with Gasteiger partial charge in [-0.3, -0.25) is 0 Å². The number of rotatable bonds is 7. The predicted octanol–water partition coefficient (Wildman–Crippen LogP) is 4.25. The van der Waals surface area contributed by atoms with Crippen LogP contribution < -0.4 is 0 Å². The minimum atomic E-state index is -0.949. The first-order valence-electron chi connectivity index (χ1n) is 12.1. The zero-order valence-electron chi connectivity index (χ0n) is 20.0. The van der Waals surface area contributed by atoms with Gasteiger partial charge in [-0.05, 0) is 30.5 Å². The molecule has 0 spiro atoms. The fraction of sp³-hybridized carbons (Fsp3) is 0.379. The van der Waals surface area contributed by atoms with E-state index in [9.17, 15) is 5.11 Å². The fourth-order valence-electron chi connectivity index (χ4n) is 5.04. The van der Waals surface area contributed by atoms with Gasteiger partial charge in [0.2, 0.25) is 0 Å². The van der Waals surface area contributed by atoms with Crippen LogP contribution in [-0.2, 0) is 29.3 Å². The maximum absolute atomic E-state index is 11.4. The molecule has 5 rings (SSSR count). The molecule has 0 unspecified atom stereocenters. The van der Waals surface area contributed by atoms with E-state index in [0.29, 0.717) is 6.61 Å². The number of benzene rings is 3. The molecule has 2 fully saturated rings. The number of fused-ring (bicyclic) bond motifs is 1. The number of ether oxygens (including phenoxy) is 5. The Bertz CT molecular complexity index is 964. The van der Waals surface area contributed by atoms with Crippen LogP contribution in [0.15, 0.2) is 91.0 Å². The summed E-state index contributed by atoms with van der Waals surface area (Å²) in [6, 6.07) is 30.3. The van der Waals surface area contributed by atoms with E-state index in [0.717, 1.165) is 16.7 Å². The zero-order valence-corrected chi connectivity index (χ0v) is 20.0. The Kier molecular flexibility index (Phi) is 7.29. The van der Waals surface area contributed by atoms with Gasteiger partial charge in [-0.2, -0.15) is 0 Å². The molecule has 1 N–H and O–H groups in total. The highest BCUT2D eigenvalue weighted by Crippen LogP contribution is 2.41. The highest BCUT2D eigenvalue weighted by atomic mass is 16.8. The predicted molar refractivity (Wildman–Crippen MR) is 131 cm³/mol. The van der Waals surface area contributed by atoms with E-state index >= 15 is 0 Å². The summed E-state index contributed by atoms with van der Waals surface area (Å²) >= 11 is 0. The van der Waals surface area contributed by atoms with Gasteiger partial charge >= 0.3 is 0 Å². The van der Waals surface area contributed by atoms with Crippen molar-refractivity contribution in [3.05, 3.63) is 108 Å². The van der Waals surface area contributed by atoms with E-state index in [-0.39, 0.29) is 12.7 Å². The summed E-state index contributed by atoms with van der Waals surface area (Å²) in [7, 11) is 0. The van der Waals surface area contributed by atoms with Gasteiger partial charge in [-0.25, -0.2) is 0 Å². The van der Waals surface area contributed by atoms with Gasteiger partial charge in [-0.15, -0.1) is 0 Å². The van der Waals surface area contributed by atoms with Gasteiger partial charge in [0.15, 0.2) is 12.6 Å². The second-order valence-corrected chi connectivity index (χ2v) is 9.00. The molecule has 2 aliphatic rings. The van der Waals surface area contributed by atoms with E-state index in [1.807, 2.05) is 68.4 Å². The SMILES string of the molecule is C[C@@H]1OC[C@H]2O[C@@H](C)O[C@@H]([C@H](O)COC(c3ccccc3)(c3ccccc3)c3ccccc3)[C@@H]2O1. The van der Waals surface area contributed by atoms with Crippen LogP contribution >= 0.6 is 0 Å². The molecule has 6 nitrogen and oxygen atoms in total. The summed E-state index contributed by atoms with van der Waals surface area (Å²) in [6.45, 7) is 4.07. The Labute approximate surface area is 206 Å². The molecule has 2 heterocycles. The van der Waals surface area contributed by atoms with Crippen molar-refractivity contribution in [2.24, 2.45) is 0 Å². The van der Waals surface area contributed by atoms with E-state index in [1.165, 1.54) is 0 Å². The summed E-state index contributed by atoms with van der Waals surface area (Å²) < 4.78 is 30.2. The number of hydrogen-bond donors (Lipinski definition) is 1. The number of aliphatic hydroxyl groups is 1. The van der Waals surface area contributed by atoms with Crippen LogP contribution in [0.1, 0.15) is 30.5 Å². The molecule has 0 radical (unpaired) electrons. The Morgan fingerprint density at radius 1 is 0.771 bits per heavy atom. The summed E-state index contributed by atoms with van der Waals surface area (Å²) in [4.78, 5) is 0. The van der Waals surface area contributed by atoms with E-state index < -0.39 is 36.5 Å². The minimum absolute atomic E-state index is 0.0257. The third-order valence-corrected chi connectivity index (χ3v) is 6.64. The second kappa shape index (κ2) is 10.6. The summed E-state index contributed by atoms with van der Waals surface area (Å²) in [5, 5.41) is 11.4. The minimum Gasteiger partial charge on any atom is -0.388 e. The van der Waals surface area contributed by atoms with Crippen LogP contribution in [0.2, 0.25) is 0 Å². The van der Waals surface area contributed by atoms with Gasteiger partial charge < -0.3 is 28.8 Å². The Hall–Kier alpha value is -2.58. The molecular weight excluding hydrogens is 444 g/mol. The molecule has 0 amide bonds. The van der Waals surface area contributed by atoms with Crippen molar-refractivity contribution < 1.29 is 28.8 Å². The van der Waals surface area contributed by atoms with Gasteiger partial charge in [0, 0.05) is 0 Å². The maximum atomic E-state index is 11.4. The highest BCUT2D eigenvalue weighted by molar-refractivity contribution is 5.47. The largest absolute Gasteiger partial charge is 0.388 e. The van der Waals surface area contributed by atoms with Crippen LogP contribution in [0.4, 0.5) is 0 Å². The molecule has 3 aromatic rings. The Balaban J connectivity index is 1.50. The van der Waals surface area contributed by atoms with E-state index in [1.54, 1.807) is 0 Å². The maximum Gasteiger partial charge on any atom is 0.156 e. The van der Waals surface area contributed by atoms with Crippen molar-refractivity contribution in [3.63, 3.8) is 0 Å². The molecular formula is C29H32O6. The van der Waals surface area contributed by atoms with Gasteiger partial charge in [0.1, 0.15) is 30.0 Å². The molecule has 35 heavy (non-hydrogen) atoms.